The van der Waals surface area contributed by atoms with Gasteiger partial charge in [0.05, 0.1) is 6.26 Å². The van der Waals surface area contributed by atoms with Gasteiger partial charge in [-0.3, -0.25) is 4.98 Å². The van der Waals surface area contributed by atoms with Gasteiger partial charge in [0.25, 0.3) is 0 Å². The lowest BCUT2D eigenvalue weighted by Crippen LogP contribution is -2.44. The molecule has 0 aromatic carbocycles. The molecule has 0 radical (unpaired) electrons. The molecule has 0 saturated carbocycles. The lowest BCUT2D eigenvalue weighted by molar-refractivity contribution is 0.290. The fourth-order valence-electron chi connectivity index (χ4n) is 2.26. The third-order valence-electron chi connectivity index (χ3n) is 3.49. The van der Waals surface area contributed by atoms with E-state index in [1.54, 1.807) is 4.31 Å². The Kier molecular flexibility index (Phi) is 4.54. The third-order valence-corrected chi connectivity index (χ3v) is 4.79. The molecule has 2 heterocycles. The Hall–Kier alpha value is -0.980. The standard InChI is InChI=1S/C13H21N3O2S/c1-11-3-4-12(9-14-11)10-15-13-5-7-16(8-6-13)19(2,17)18/h3-4,9,13,15H,5-8,10H2,1-2H3. The second-order valence-corrected chi connectivity index (χ2v) is 7.11. The largest absolute Gasteiger partial charge is 0.310 e. The maximum Gasteiger partial charge on any atom is 0.211 e. The summed E-state index contributed by atoms with van der Waals surface area (Å²) in [5.41, 5.74) is 2.18. The number of rotatable bonds is 4. The smallest absolute Gasteiger partial charge is 0.211 e. The van der Waals surface area contributed by atoms with Crippen LogP contribution >= 0.6 is 0 Å². The van der Waals surface area contributed by atoms with Crippen molar-refractivity contribution in [1.29, 1.82) is 0 Å². The molecule has 106 valence electrons. The number of aromatic nitrogens is 1. The zero-order chi connectivity index (χ0) is 13.9. The highest BCUT2D eigenvalue weighted by Gasteiger charge is 2.24. The zero-order valence-electron chi connectivity index (χ0n) is 11.5. The second kappa shape index (κ2) is 5.98. The molecule has 0 spiro atoms. The summed E-state index contributed by atoms with van der Waals surface area (Å²) < 4.78 is 24.4. The molecular weight excluding hydrogens is 262 g/mol. The first-order valence-corrected chi connectivity index (χ1v) is 8.40. The number of piperidine rings is 1. The van der Waals surface area contributed by atoms with Crippen molar-refractivity contribution in [3.05, 3.63) is 29.6 Å². The van der Waals surface area contributed by atoms with Crippen LogP contribution in [0.2, 0.25) is 0 Å². The number of pyridine rings is 1. The van der Waals surface area contributed by atoms with E-state index in [0.29, 0.717) is 19.1 Å². The maximum absolute atomic E-state index is 11.4. The first-order valence-electron chi connectivity index (χ1n) is 6.55. The highest BCUT2D eigenvalue weighted by atomic mass is 32.2. The first kappa shape index (κ1) is 14.4. The van der Waals surface area contributed by atoms with E-state index >= 15 is 0 Å². The van der Waals surface area contributed by atoms with Crippen molar-refractivity contribution in [3.63, 3.8) is 0 Å². The normalized spacial score (nSPS) is 18.6. The molecule has 6 heteroatoms. The quantitative estimate of drug-likeness (QED) is 0.892. The Labute approximate surface area is 115 Å². The lowest BCUT2D eigenvalue weighted by atomic mass is 10.1. The number of nitrogens with one attached hydrogen (secondary N) is 1. The van der Waals surface area contributed by atoms with E-state index in [1.807, 2.05) is 19.2 Å². The molecule has 2 rings (SSSR count). The van der Waals surface area contributed by atoms with Crippen molar-refractivity contribution in [2.75, 3.05) is 19.3 Å². The average Bonchev–Trinajstić information content (AvgIpc) is 2.37. The van der Waals surface area contributed by atoms with Crippen LogP contribution in [0, 0.1) is 6.92 Å². The Morgan fingerprint density at radius 2 is 2.05 bits per heavy atom. The number of hydrogen-bond donors (Lipinski definition) is 1. The number of aryl methyl sites for hydroxylation is 1. The highest BCUT2D eigenvalue weighted by Crippen LogP contribution is 2.13. The average molecular weight is 283 g/mol. The van der Waals surface area contributed by atoms with Crippen molar-refractivity contribution in [2.45, 2.75) is 32.4 Å². The first-order chi connectivity index (χ1) is 8.95. The molecule has 0 unspecified atom stereocenters. The summed E-state index contributed by atoms with van der Waals surface area (Å²) >= 11 is 0. The zero-order valence-corrected chi connectivity index (χ0v) is 12.3. The SMILES string of the molecule is Cc1ccc(CNC2CCN(S(C)(=O)=O)CC2)cn1. The lowest BCUT2D eigenvalue weighted by Gasteiger charge is -2.30. The summed E-state index contributed by atoms with van der Waals surface area (Å²) in [6.07, 6.45) is 4.89. The molecule has 1 N–H and O–H groups in total. The van der Waals surface area contributed by atoms with Crippen molar-refractivity contribution in [1.82, 2.24) is 14.6 Å². The number of nitrogens with zero attached hydrogens (tertiary/aromatic N) is 2. The molecule has 5 nitrogen and oxygen atoms in total. The van der Waals surface area contributed by atoms with Gasteiger partial charge in [0.15, 0.2) is 0 Å². The van der Waals surface area contributed by atoms with Gasteiger partial charge in [0.2, 0.25) is 10.0 Å². The van der Waals surface area contributed by atoms with E-state index in [2.05, 4.69) is 16.4 Å². The molecule has 1 fully saturated rings. The molecular formula is C13H21N3O2S. The Morgan fingerprint density at radius 1 is 1.37 bits per heavy atom. The van der Waals surface area contributed by atoms with Crippen LogP contribution in [0.1, 0.15) is 24.1 Å². The van der Waals surface area contributed by atoms with Gasteiger partial charge in [-0.15, -0.1) is 0 Å². The minimum absolute atomic E-state index is 0.388. The van der Waals surface area contributed by atoms with E-state index in [-0.39, 0.29) is 0 Å². The van der Waals surface area contributed by atoms with E-state index in [0.717, 1.165) is 30.6 Å². The van der Waals surface area contributed by atoms with E-state index in [1.165, 1.54) is 6.26 Å². The van der Waals surface area contributed by atoms with Crippen LogP contribution in [0.15, 0.2) is 18.3 Å². The van der Waals surface area contributed by atoms with Gasteiger partial charge in [0, 0.05) is 37.6 Å². The molecule has 1 saturated heterocycles. The monoisotopic (exact) mass is 283 g/mol. The summed E-state index contributed by atoms with van der Waals surface area (Å²) in [5.74, 6) is 0. The molecule has 1 aliphatic rings. The van der Waals surface area contributed by atoms with Crippen LogP contribution in [0.5, 0.6) is 0 Å². The molecule has 1 aromatic rings. The van der Waals surface area contributed by atoms with Crippen molar-refractivity contribution >= 4 is 10.0 Å². The Bertz CT molecular complexity index is 505. The summed E-state index contributed by atoms with van der Waals surface area (Å²) in [6.45, 7) is 3.99. The maximum atomic E-state index is 11.4. The van der Waals surface area contributed by atoms with Crippen LogP contribution in [0.4, 0.5) is 0 Å². The molecule has 0 atom stereocenters. The minimum Gasteiger partial charge on any atom is -0.310 e. The van der Waals surface area contributed by atoms with Crippen LogP contribution in [-0.4, -0.2) is 43.1 Å². The van der Waals surface area contributed by atoms with Gasteiger partial charge < -0.3 is 5.32 Å². The van der Waals surface area contributed by atoms with Crippen molar-refractivity contribution in [3.8, 4) is 0 Å². The van der Waals surface area contributed by atoms with Crippen molar-refractivity contribution < 1.29 is 8.42 Å². The fourth-order valence-corrected chi connectivity index (χ4v) is 3.13. The van der Waals surface area contributed by atoms with Crippen molar-refractivity contribution in [2.24, 2.45) is 0 Å². The number of hydrogen-bond acceptors (Lipinski definition) is 4. The molecule has 1 aromatic heterocycles. The second-order valence-electron chi connectivity index (χ2n) is 5.13. The van der Waals surface area contributed by atoms with E-state index < -0.39 is 10.0 Å². The van der Waals surface area contributed by atoms with Crippen LogP contribution in [0.25, 0.3) is 0 Å². The van der Waals surface area contributed by atoms with Gasteiger partial charge in [-0.1, -0.05) is 6.07 Å². The van der Waals surface area contributed by atoms with Crippen LogP contribution < -0.4 is 5.32 Å². The molecule has 1 aliphatic heterocycles. The highest BCUT2D eigenvalue weighted by molar-refractivity contribution is 7.88. The minimum atomic E-state index is -3.03. The van der Waals surface area contributed by atoms with Gasteiger partial charge in [-0.05, 0) is 31.4 Å². The molecule has 0 aliphatic carbocycles. The van der Waals surface area contributed by atoms with Crippen LogP contribution in [0.3, 0.4) is 0 Å². The van der Waals surface area contributed by atoms with Gasteiger partial charge in [-0.25, -0.2) is 12.7 Å². The summed E-state index contributed by atoms with van der Waals surface area (Å²) in [5, 5.41) is 3.47. The summed E-state index contributed by atoms with van der Waals surface area (Å²) in [4.78, 5) is 4.26. The molecule has 19 heavy (non-hydrogen) atoms. The van der Waals surface area contributed by atoms with E-state index in [4.69, 9.17) is 0 Å². The summed E-state index contributed by atoms with van der Waals surface area (Å²) in [6, 6.07) is 4.46. The Balaban J connectivity index is 1.78. The predicted molar refractivity (Wildman–Crippen MR) is 75.3 cm³/mol. The van der Waals surface area contributed by atoms with E-state index in [9.17, 15) is 8.42 Å². The molecule has 0 bridgehead atoms. The predicted octanol–water partition coefficient (Wildman–Crippen LogP) is 0.904. The third kappa shape index (κ3) is 4.26. The topological polar surface area (TPSA) is 62.3 Å². The van der Waals surface area contributed by atoms with Gasteiger partial charge in [0.1, 0.15) is 0 Å². The number of sulfonamides is 1. The summed E-state index contributed by atoms with van der Waals surface area (Å²) in [7, 11) is -3.03. The molecule has 0 amide bonds. The van der Waals surface area contributed by atoms with Gasteiger partial charge in [-0.2, -0.15) is 0 Å². The van der Waals surface area contributed by atoms with Gasteiger partial charge >= 0.3 is 0 Å². The Morgan fingerprint density at radius 3 is 2.58 bits per heavy atom. The van der Waals surface area contributed by atoms with Crippen LogP contribution in [-0.2, 0) is 16.6 Å². The fraction of sp³-hybridized carbons (Fsp3) is 0.615.